The van der Waals surface area contributed by atoms with Gasteiger partial charge in [-0.2, -0.15) is 5.10 Å². The summed E-state index contributed by atoms with van der Waals surface area (Å²) < 4.78 is 27.6. The van der Waals surface area contributed by atoms with Crippen LogP contribution in [0.2, 0.25) is 5.02 Å². The maximum atomic E-state index is 12.7. The van der Waals surface area contributed by atoms with Gasteiger partial charge < -0.3 is 5.32 Å². The maximum Gasteiger partial charge on any atom is 0.255 e. The first kappa shape index (κ1) is 20.1. The van der Waals surface area contributed by atoms with Crippen LogP contribution in [0.4, 0.5) is 5.69 Å². The molecule has 0 bridgehead atoms. The number of nitrogens with zero attached hydrogens (tertiary/aromatic N) is 3. The van der Waals surface area contributed by atoms with E-state index < -0.39 is 15.9 Å². The van der Waals surface area contributed by atoms with Gasteiger partial charge in [-0.3, -0.25) is 9.48 Å². The molecule has 1 aromatic heterocycles. The highest BCUT2D eigenvalue weighted by Crippen LogP contribution is 2.25. The van der Waals surface area contributed by atoms with Crippen LogP contribution in [0.15, 0.2) is 65.8 Å². The second-order valence-electron chi connectivity index (χ2n) is 6.25. The SMILES string of the molecule is CN(C)S(=O)(=O)c1cc(C(=O)Nc2ccccc2Cn2cccn2)ccc1Cl. The number of aromatic nitrogens is 2. The standard InChI is InChI=1S/C19H19ClN4O3S/c1-23(2)28(26,27)18-12-14(8-9-16(18)20)19(25)22-17-7-4-3-6-15(17)13-24-11-5-10-21-24/h3-12H,13H2,1-2H3,(H,22,25). The Morgan fingerprint density at radius 3 is 2.61 bits per heavy atom. The highest BCUT2D eigenvalue weighted by Gasteiger charge is 2.22. The predicted octanol–water partition coefficient (Wildman–Crippen LogP) is 3.09. The number of carbonyl (C=O) groups excluding carboxylic acids is 1. The van der Waals surface area contributed by atoms with Gasteiger partial charge in [-0.25, -0.2) is 12.7 Å². The molecule has 3 rings (SSSR count). The van der Waals surface area contributed by atoms with Crippen LogP contribution < -0.4 is 5.32 Å². The number of hydrogen-bond acceptors (Lipinski definition) is 4. The summed E-state index contributed by atoms with van der Waals surface area (Å²) in [6, 6.07) is 13.4. The summed E-state index contributed by atoms with van der Waals surface area (Å²) in [7, 11) is -0.956. The summed E-state index contributed by atoms with van der Waals surface area (Å²) in [4.78, 5) is 12.6. The minimum atomic E-state index is -3.77. The summed E-state index contributed by atoms with van der Waals surface area (Å²) >= 11 is 6.05. The molecule has 0 spiro atoms. The molecule has 0 saturated heterocycles. The second kappa shape index (κ2) is 8.14. The van der Waals surface area contributed by atoms with E-state index >= 15 is 0 Å². The molecule has 2 aromatic carbocycles. The van der Waals surface area contributed by atoms with Crippen molar-refractivity contribution in [3.05, 3.63) is 77.1 Å². The third-order valence-electron chi connectivity index (χ3n) is 4.11. The number of para-hydroxylation sites is 1. The average molecular weight is 419 g/mol. The third kappa shape index (κ3) is 4.24. The van der Waals surface area contributed by atoms with Crippen molar-refractivity contribution >= 4 is 33.2 Å². The van der Waals surface area contributed by atoms with Gasteiger partial charge in [0.2, 0.25) is 10.0 Å². The highest BCUT2D eigenvalue weighted by atomic mass is 35.5. The van der Waals surface area contributed by atoms with Gasteiger partial charge in [0.15, 0.2) is 0 Å². The average Bonchev–Trinajstić information content (AvgIpc) is 3.16. The van der Waals surface area contributed by atoms with E-state index in [0.717, 1.165) is 9.87 Å². The van der Waals surface area contributed by atoms with Crippen molar-refractivity contribution in [2.45, 2.75) is 11.4 Å². The zero-order valence-electron chi connectivity index (χ0n) is 15.3. The summed E-state index contributed by atoms with van der Waals surface area (Å²) in [5.41, 5.74) is 1.68. The Morgan fingerprint density at radius 1 is 1.18 bits per heavy atom. The summed E-state index contributed by atoms with van der Waals surface area (Å²) in [6.45, 7) is 0.490. The minimum Gasteiger partial charge on any atom is -0.322 e. The van der Waals surface area contributed by atoms with Gasteiger partial charge in [0.1, 0.15) is 4.90 Å². The molecule has 0 unspecified atom stereocenters. The molecule has 0 radical (unpaired) electrons. The van der Waals surface area contributed by atoms with E-state index in [2.05, 4.69) is 10.4 Å². The maximum absolute atomic E-state index is 12.7. The van der Waals surface area contributed by atoms with E-state index in [1.54, 1.807) is 16.9 Å². The number of amides is 1. The fourth-order valence-corrected chi connectivity index (χ4v) is 3.98. The molecule has 3 aromatic rings. The molecule has 146 valence electrons. The number of halogens is 1. The van der Waals surface area contributed by atoms with Crippen LogP contribution in [0.1, 0.15) is 15.9 Å². The van der Waals surface area contributed by atoms with Crippen LogP contribution in [0.25, 0.3) is 0 Å². The topological polar surface area (TPSA) is 84.3 Å². The summed E-state index contributed by atoms with van der Waals surface area (Å²) in [6.07, 6.45) is 3.51. The van der Waals surface area contributed by atoms with E-state index in [0.29, 0.717) is 12.2 Å². The van der Waals surface area contributed by atoms with E-state index in [-0.39, 0.29) is 15.5 Å². The van der Waals surface area contributed by atoms with Gasteiger partial charge in [0.05, 0.1) is 11.6 Å². The largest absolute Gasteiger partial charge is 0.322 e. The summed E-state index contributed by atoms with van der Waals surface area (Å²) in [5, 5.41) is 7.07. The number of rotatable bonds is 6. The normalized spacial score (nSPS) is 11.6. The van der Waals surface area contributed by atoms with Gasteiger partial charge in [0, 0.05) is 37.7 Å². The van der Waals surface area contributed by atoms with Gasteiger partial charge in [-0.15, -0.1) is 0 Å². The number of anilines is 1. The quantitative estimate of drug-likeness (QED) is 0.666. The van der Waals surface area contributed by atoms with Crippen molar-refractivity contribution in [1.82, 2.24) is 14.1 Å². The van der Waals surface area contributed by atoms with Crippen LogP contribution in [-0.4, -0.2) is 42.5 Å². The molecule has 7 nitrogen and oxygen atoms in total. The van der Waals surface area contributed by atoms with E-state index in [1.807, 2.05) is 30.5 Å². The van der Waals surface area contributed by atoms with Crippen molar-refractivity contribution in [3.8, 4) is 0 Å². The van der Waals surface area contributed by atoms with Crippen molar-refractivity contribution in [2.24, 2.45) is 0 Å². The van der Waals surface area contributed by atoms with E-state index in [9.17, 15) is 13.2 Å². The number of sulfonamides is 1. The van der Waals surface area contributed by atoms with Gasteiger partial charge in [0.25, 0.3) is 5.91 Å². The van der Waals surface area contributed by atoms with Gasteiger partial charge >= 0.3 is 0 Å². The molecule has 0 aliphatic heterocycles. The number of benzene rings is 2. The Balaban J connectivity index is 1.89. The number of carbonyl (C=O) groups is 1. The fraction of sp³-hybridized carbons (Fsp3) is 0.158. The smallest absolute Gasteiger partial charge is 0.255 e. The Morgan fingerprint density at radius 2 is 1.93 bits per heavy atom. The Hall–Kier alpha value is -2.68. The molecule has 0 fully saturated rings. The lowest BCUT2D eigenvalue weighted by Gasteiger charge is -2.15. The zero-order chi connectivity index (χ0) is 20.3. The van der Waals surface area contributed by atoms with Crippen LogP contribution >= 0.6 is 11.6 Å². The molecule has 1 heterocycles. The van der Waals surface area contributed by atoms with Crippen molar-refractivity contribution in [1.29, 1.82) is 0 Å². The first-order valence-electron chi connectivity index (χ1n) is 8.38. The van der Waals surface area contributed by atoms with E-state index in [1.165, 1.54) is 32.3 Å². The predicted molar refractivity (Wildman–Crippen MR) is 108 cm³/mol. The molecule has 0 atom stereocenters. The molecule has 0 saturated carbocycles. The monoisotopic (exact) mass is 418 g/mol. The van der Waals surface area contributed by atoms with E-state index in [4.69, 9.17) is 11.6 Å². The third-order valence-corrected chi connectivity index (χ3v) is 6.41. The summed E-state index contributed by atoms with van der Waals surface area (Å²) in [5.74, 6) is -0.431. The molecule has 0 aliphatic carbocycles. The second-order valence-corrected chi connectivity index (χ2v) is 8.77. The number of nitrogens with one attached hydrogen (secondary N) is 1. The molecule has 1 N–H and O–H groups in total. The van der Waals surface area contributed by atoms with Crippen LogP contribution in [0.5, 0.6) is 0 Å². The van der Waals surface area contributed by atoms with Crippen molar-refractivity contribution in [3.63, 3.8) is 0 Å². The highest BCUT2D eigenvalue weighted by molar-refractivity contribution is 7.89. The van der Waals surface area contributed by atoms with Crippen LogP contribution in [0.3, 0.4) is 0 Å². The van der Waals surface area contributed by atoms with Crippen LogP contribution in [-0.2, 0) is 16.6 Å². The van der Waals surface area contributed by atoms with Gasteiger partial charge in [-0.1, -0.05) is 29.8 Å². The minimum absolute atomic E-state index is 0.0596. The number of hydrogen-bond donors (Lipinski definition) is 1. The zero-order valence-corrected chi connectivity index (χ0v) is 16.9. The Bertz CT molecular complexity index is 1100. The molecule has 28 heavy (non-hydrogen) atoms. The fourth-order valence-electron chi connectivity index (χ4n) is 2.58. The lowest BCUT2D eigenvalue weighted by Crippen LogP contribution is -2.23. The first-order valence-corrected chi connectivity index (χ1v) is 10.2. The molecular weight excluding hydrogens is 400 g/mol. The first-order chi connectivity index (χ1) is 13.3. The Kier molecular flexibility index (Phi) is 5.83. The Labute approximate surface area is 168 Å². The van der Waals surface area contributed by atoms with Crippen LogP contribution in [0, 0.1) is 0 Å². The molecule has 1 amide bonds. The van der Waals surface area contributed by atoms with Crippen molar-refractivity contribution in [2.75, 3.05) is 19.4 Å². The van der Waals surface area contributed by atoms with Gasteiger partial charge in [-0.05, 0) is 35.9 Å². The lowest BCUT2D eigenvalue weighted by atomic mass is 10.1. The molecule has 0 aliphatic rings. The molecule has 9 heteroatoms. The van der Waals surface area contributed by atoms with Crippen molar-refractivity contribution < 1.29 is 13.2 Å². The lowest BCUT2D eigenvalue weighted by molar-refractivity contribution is 0.102. The molecular formula is C19H19ClN4O3S.